The number of nitrogens with zero attached hydrogens (tertiary/aromatic N) is 1. The lowest BCUT2D eigenvalue weighted by molar-refractivity contribution is -0.139. The molecule has 2 aromatic rings. The number of benzene rings is 2. The fourth-order valence-electron chi connectivity index (χ4n) is 2.11. The highest BCUT2D eigenvalue weighted by Gasteiger charge is 2.14. The zero-order valence-electron chi connectivity index (χ0n) is 15.5. The van der Waals surface area contributed by atoms with Gasteiger partial charge in [0.1, 0.15) is 18.2 Å². The van der Waals surface area contributed by atoms with E-state index in [1.165, 1.54) is 18.3 Å². The van der Waals surface area contributed by atoms with Crippen LogP contribution in [0.25, 0.3) is 0 Å². The number of nitrogens with one attached hydrogen (secondary N) is 2. The molecule has 0 saturated carbocycles. The lowest BCUT2D eigenvalue weighted by Crippen LogP contribution is -2.41. The average Bonchev–Trinajstić information content (AvgIpc) is 2.67. The molecule has 0 fully saturated rings. The molecule has 1 atom stereocenters. The van der Waals surface area contributed by atoms with Crippen molar-refractivity contribution in [1.29, 1.82) is 0 Å². The molecule has 6 nitrogen and oxygen atoms in total. The van der Waals surface area contributed by atoms with Crippen LogP contribution in [0.5, 0.6) is 5.75 Å². The first-order valence-corrected chi connectivity index (χ1v) is 9.07. The predicted octanol–water partition coefficient (Wildman–Crippen LogP) is 3.42. The third kappa shape index (κ3) is 6.66. The summed E-state index contributed by atoms with van der Waals surface area (Å²) in [6, 6.07) is 10.9. The van der Waals surface area contributed by atoms with Gasteiger partial charge in [-0.3, -0.25) is 9.59 Å². The van der Waals surface area contributed by atoms with Gasteiger partial charge in [-0.15, -0.1) is 0 Å². The molecule has 28 heavy (non-hydrogen) atoms. The Bertz CT molecular complexity index is 874. The number of hydrazone groups is 1. The van der Waals surface area contributed by atoms with Crippen molar-refractivity contribution in [3.05, 3.63) is 64.4 Å². The second-order valence-electron chi connectivity index (χ2n) is 6.09. The Morgan fingerprint density at radius 2 is 2.04 bits per heavy atom. The maximum absolute atomic E-state index is 13.2. The molecule has 0 unspecified atom stereocenters. The van der Waals surface area contributed by atoms with E-state index in [4.69, 9.17) is 16.3 Å². The lowest BCUT2D eigenvalue weighted by Gasteiger charge is -2.09. The smallest absolute Gasteiger partial charge is 0.329 e. The molecule has 0 heterocycles. The molecule has 0 saturated heterocycles. The van der Waals surface area contributed by atoms with Crippen molar-refractivity contribution in [2.45, 2.75) is 32.9 Å². The third-order valence-electron chi connectivity index (χ3n) is 3.82. The number of ether oxygens (including phenoxy) is 1. The molecule has 0 aliphatic heterocycles. The minimum atomic E-state index is -0.849. The third-order valence-corrected chi connectivity index (χ3v) is 4.11. The summed E-state index contributed by atoms with van der Waals surface area (Å²) in [5, 5.41) is 6.62. The summed E-state index contributed by atoms with van der Waals surface area (Å²) in [4.78, 5) is 23.2. The van der Waals surface area contributed by atoms with Gasteiger partial charge in [-0.05, 0) is 54.8 Å². The van der Waals surface area contributed by atoms with E-state index in [0.29, 0.717) is 28.3 Å². The van der Waals surface area contributed by atoms with Gasteiger partial charge in [-0.2, -0.15) is 5.10 Å². The van der Waals surface area contributed by atoms with Gasteiger partial charge < -0.3 is 10.1 Å². The van der Waals surface area contributed by atoms with Gasteiger partial charge in [-0.1, -0.05) is 30.7 Å². The molecule has 0 spiro atoms. The van der Waals surface area contributed by atoms with Crippen LogP contribution in [-0.2, 0) is 16.2 Å². The molecule has 8 heteroatoms. The van der Waals surface area contributed by atoms with Gasteiger partial charge >= 0.3 is 11.8 Å². The van der Waals surface area contributed by atoms with Gasteiger partial charge in [0, 0.05) is 6.04 Å². The van der Waals surface area contributed by atoms with E-state index in [1.807, 2.05) is 6.92 Å². The summed E-state index contributed by atoms with van der Waals surface area (Å²) in [5.74, 6) is -1.50. The number of hydrogen-bond acceptors (Lipinski definition) is 4. The summed E-state index contributed by atoms with van der Waals surface area (Å²) in [7, 11) is 0. The van der Waals surface area contributed by atoms with E-state index in [1.54, 1.807) is 37.3 Å². The van der Waals surface area contributed by atoms with Crippen molar-refractivity contribution in [3.8, 4) is 5.75 Å². The summed E-state index contributed by atoms with van der Waals surface area (Å²) < 4.78 is 18.8. The topological polar surface area (TPSA) is 79.8 Å². The molecular weight excluding hydrogens is 385 g/mol. The van der Waals surface area contributed by atoms with Crippen LogP contribution in [0.1, 0.15) is 31.4 Å². The Balaban J connectivity index is 1.90. The van der Waals surface area contributed by atoms with E-state index in [9.17, 15) is 14.0 Å². The Labute approximate surface area is 167 Å². The van der Waals surface area contributed by atoms with Crippen LogP contribution < -0.4 is 15.5 Å². The minimum absolute atomic E-state index is 0.0963. The highest BCUT2D eigenvalue weighted by Crippen LogP contribution is 2.25. The number of hydrogen-bond donors (Lipinski definition) is 2. The zero-order valence-corrected chi connectivity index (χ0v) is 16.3. The summed E-state index contributed by atoms with van der Waals surface area (Å²) in [6.45, 7) is 3.87. The van der Waals surface area contributed by atoms with Crippen LogP contribution in [0.2, 0.25) is 5.02 Å². The molecule has 0 aliphatic carbocycles. The Morgan fingerprint density at radius 3 is 2.71 bits per heavy atom. The molecule has 0 aromatic heterocycles. The molecule has 2 amide bonds. The highest BCUT2D eigenvalue weighted by molar-refractivity contribution is 6.35. The van der Waals surface area contributed by atoms with E-state index < -0.39 is 11.8 Å². The van der Waals surface area contributed by atoms with E-state index in [2.05, 4.69) is 15.8 Å². The molecule has 2 N–H and O–H groups in total. The minimum Gasteiger partial charge on any atom is -0.487 e. The summed E-state index contributed by atoms with van der Waals surface area (Å²) >= 11 is 6.18. The quantitative estimate of drug-likeness (QED) is 0.421. The summed E-state index contributed by atoms with van der Waals surface area (Å²) in [6.07, 6.45) is 2.07. The number of amides is 2. The fraction of sp³-hybridized carbons (Fsp3) is 0.250. The van der Waals surface area contributed by atoms with Crippen LogP contribution in [0.15, 0.2) is 47.6 Å². The molecule has 148 valence electrons. The van der Waals surface area contributed by atoms with Gasteiger partial charge in [0.2, 0.25) is 0 Å². The Morgan fingerprint density at radius 1 is 1.25 bits per heavy atom. The normalized spacial score (nSPS) is 11.9. The average molecular weight is 406 g/mol. The molecular formula is C20H21ClFN3O3. The number of halogens is 2. The van der Waals surface area contributed by atoms with Gasteiger partial charge in [0.25, 0.3) is 0 Å². The van der Waals surface area contributed by atoms with Gasteiger partial charge in [0.05, 0.1) is 11.2 Å². The highest BCUT2D eigenvalue weighted by atomic mass is 35.5. The molecule has 0 aliphatic rings. The lowest BCUT2D eigenvalue weighted by atomic mass is 10.2. The monoisotopic (exact) mass is 405 g/mol. The Kier molecular flexibility index (Phi) is 7.95. The second kappa shape index (κ2) is 10.4. The number of carbonyl (C=O) groups is 2. The van der Waals surface area contributed by atoms with Crippen molar-refractivity contribution in [2.24, 2.45) is 5.10 Å². The van der Waals surface area contributed by atoms with Crippen LogP contribution in [0.4, 0.5) is 4.39 Å². The van der Waals surface area contributed by atoms with Gasteiger partial charge in [0.15, 0.2) is 0 Å². The second-order valence-corrected chi connectivity index (χ2v) is 6.50. The van der Waals surface area contributed by atoms with E-state index in [0.717, 1.165) is 0 Å². The number of carbonyl (C=O) groups excluding carboxylic acids is 2. The van der Waals surface area contributed by atoms with Crippen LogP contribution in [0, 0.1) is 5.82 Å². The van der Waals surface area contributed by atoms with Crippen molar-refractivity contribution >= 4 is 29.6 Å². The standard InChI is InChI=1S/C20H21ClFN3O3/c1-3-13(2)24-19(26)20(27)25-23-11-14-7-8-18(17(21)10-14)28-12-15-5-4-6-16(22)9-15/h4-11,13H,3,12H2,1-2H3,(H,24,26)(H,25,27)/b23-11-/t13-/m1/s1. The molecule has 0 bridgehead atoms. The first kappa shape index (κ1) is 21.4. The van der Waals surface area contributed by atoms with Crippen molar-refractivity contribution in [2.75, 3.05) is 0 Å². The van der Waals surface area contributed by atoms with Crippen LogP contribution in [0.3, 0.4) is 0 Å². The molecule has 0 radical (unpaired) electrons. The van der Waals surface area contributed by atoms with Crippen LogP contribution in [-0.4, -0.2) is 24.1 Å². The zero-order chi connectivity index (χ0) is 20.5. The SMILES string of the molecule is CC[C@@H](C)NC(=O)C(=O)N/N=C\c1ccc(OCc2cccc(F)c2)c(Cl)c1. The molecule has 2 rings (SSSR count). The number of rotatable bonds is 7. The summed E-state index contributed by atoms with van der Waals surface area (Å²) in [5.41, 5.74) is 3.44. The van der Waals surface area contributed by atoms with E-state index in [-0.39, 0.29) is 18.5 Å². The van der Waals surface area contributed by atoms with Crippen molar-refractivity contribution < 1.29 is 18.7 Å². The fourth-order valence-corrected chi connectivity index (χ4v) is 2.35. The van der Waals surface area contributed by atoms with Crippen molar-refractivity contribution in [3.63, 3.8) is 0 Å². The predicted molar refractivity (Wildman–Crippen MR) is 106 cm³/mol. The maximum atomic E-state index is 13.2. The molecule has 2 aromatic carbocycles. The van der Waals surface area contributed by atoms with E-state index >= 15 is 0 Å². The maximum Gasteiger partial charge on any atom is 0.329 e. The first-order chi connectivity index (χ1) is 13.4. The Hall–Kier alpha value is -2.93. The largest absolute Gasteiger partial charge is 0.487 e. The van der Waals surface area contributed by atoms with Crippen molar-refractivity contribution in [1.82, 2.24) is 10.7 Å². The van der Waals surface area contributed by atoms with Crippen LogP contribution >= 0.6 is 11.6 Å². The first-order valence-electron chi connectivity index (χ1n) is 8.69. The van der Waals surface area contributed by atoms with Gasteiger partial charge in [-0.25, -0.2) is 9.82 Å².